The Morgan fingerprint density at radius 1 is 1.07 bits per heavy atom. The number of carbonyl (C=O) groups is 2. The van der Waals surface area contributed by atoms with Crippen LogP contribution < -0.4 is 16.4 Å². The molecule has 1 fully saturated rings. The zero-order valence-electron chi connectivity index (χ0n) is 16.7. The van der Waals surface area contributed by atoms with Crippen molar-refractivity contribution in [2.75, 3.05) is 5.32 Å². The first-order valence-corrected chi connectivity index (χ1v) is 9.92. The second kappa shape index (κ2) is 8.32. The summed E-state index contributed by atoms with van der Waals surface area (Å²) in [5.74, 6) is -0.0967. The van der Waals surface area contributed by atoms with Gasteiger partial charge in [0.15, 0.2) is 0 Å². The van der Waals surface area contributed by atoms with Crippen LogP contribution in [-0.2, 0) is 0 Å². The van der Waals surface area contributed by atoms with E-state index in [0.29, 0.717) is 28.8 Å². The molecular formula is C23H23N5O2. The minimum Gasteiger partial charge on any atom is -0.366 e. The molecule has 1 heterocycles. The second-order valence-corrected chi connectivity index (χ2v) is 7.41. The van der Waals surface area contributed by atoms with Crippen molar-refractivity contribution in [1.29, 1.82) is 0 Å². The van der Waals surface area contributed by atoms with E-state index in [1.807, 2.05) is 25.1 Å². The van der Waals surface area contributed by atoms with Crippen LogP contribution in [0.2, 0.25) is 0 Å². The van der Waals surface area contributed by atoms with Gasteiger partial charge in [0, 0.05) is 34.6 Å². The van der Waals surface area contributed by atoms with E-state index in [-0.39, 0.29) is 5.91 Å². The Balaban J connectivity index is 1.50. The highest BCUT2D eigenvalue weighted by molar-refractivity contribution is 5.96. The summed E-state index contributed by atoms with van der Waals surface area (Å²) in [6, 6.07) is 14.7. The van der Waals surface area contributed by atoms with Gasteiger partial charge in [0.2, 0.25) is 11.9 Å². The van der Waals surface area contributed by atoms with Gasteiger partial charge in [-0.1, -0.05) is 12.1 Å². The first-order valence-electron chi connectivity index (χ1n) is 9.92. The Morgan fingerprint density at radius 2 is 1.83 bits per heavy atom. The summed E-state index contributed by atoms with van der Waals surface area (Å²) in [6.45, 7) is 1.85. The van der Waals surface area contributed by atoms with E-state index in [1.165, 1.54) is 6.42 Å². The minimum atomic E-state index is -0.469. The van der Waals surface area contributed by atoms with Gasteiger partial charge in [0.1, 0.15) is 0 Å². The Labute approximate surface area is 174 Å². The summed E-state index contributed by atoms with van der Waals surface area (Å²) in [5.41, 5.74) is 9.60. The summed E-state index contributed by atoms with van der Waals surface area (Å²) in [4.78, 5) is 32.7. The summed E-state index contributed by atoms with van der Waals surface area (Å²) < 4.78 is 0. The maximum atomic E-state index is 12.2. The number of nitrogens with zero attached hydrogens (tertiary/aromatic N) is 2. The third-order valence-electron chi connectivity index (χ3n) is 5.37. The molecule has 4 N–H and O–H groups in total. The number of nitrogens with two attached hydrogens (primary N) is 1. The summed E-state index contributed by atoms with van der Waals surface area (Å²) in [6.07, 6.45) is 4.95. The first kappa shape index (κ1) is 19.6. The third kappa shape index (κ3) is 4.15. The summed E-state index contributed by atoms with van der Waals surface area (Å²) >= 11 is 0. The van der Waals surface area contributed by atoms with E-state index in [2.05, 4.69) is 20.6 Å². The van der Waals surface area contributed by atoms with Crippen LogP contribution in [-0.4, -0.2) is 27.8 Å². The van der Waals surface area contributed by atoms with Gasteiger partial charge in [0.05, 0.1) is 5.69 Å². The standard InChI is InChI=1S/C23H23N5O2/c1-14-18(6-3-7-19(14)21(24)29)20-12-13-25-23(28-20)27-17-10-8-15(9-11-17)22(30)26-16-4-2-5-16/h3,6-13,16H,2,4-5H2,1H3,(H2,24,29)(H,26,30)(H,25,27,28). The average Bonchev–Trinajstić information content (AvgIpc) is 2.71. The summed E-state index contributed by atoms with van der Waals surface area (Å²) in [5, 5.41) is 6.18. The van der Waals surface area contributed by atoms with Crippen LogP contribution in [0.25, 0.3) is 11.3 Å². The van der Waals surface area contributed by atoms with Gasteiger partial charge in [-0.2, -0.15) is 0 Å². The van der Waals surface area contributed by atoms with Gasteiger partial charge in [-0.25, -0.2) is 9.97 Å². The molecule has 3 aromatic rings. The highest BCUT2D eigenvalue weighted by Crippen LogP contribution is 2.25. The van der Waals surface area contributed by atoms with E-state index in [9.17, 15) is 9.59 Å². The molecule has 2 amide bonds. The Hall–Kier alpha value is -3.74. The van der Waals surface area contributed by atoms with Crippen LogP contribution in [0.4, 0.5) is 11.6 Å². The number of nitrogens with one attached hydrogen (secondary N) is 2. The molecule has 0 spiro atoms. The smallest absolute Gasteiger partial charge is 0.251 e. The predicted molar refractivity (Wildman–Crippen MR) is 116 cm³/mol. The number of benzene rings is 2. The van der Waals surface area contributed by atoms with E-state index in [0.717, 1.165) is 29.7 Å². The minimum absolute atomic E-state index is 0.0469. The second-order valence-electron chi connectivity index (χ2n) is 7.41. The van der Waals surface area contributed by atoms with Crippen LogP contribution in [0.5, 0.6) is 0 Å². The van der Waals surface area contributed by atoms with Gasteiger partial charge in [0.25, 0.3) is 5.91 Å². The molecule has 1 aliphatic rings. The van der Waals surface area contributed by atoms with Crippen molar-refractivity contribution in [1.82, 2.24) is 15.3 Å². The van der Waals surface area contributed by atoms with Crippen LogP contribution in [0.15, 0.2) is 54.7 Å². The van der Waals surface area contributed by atoms with E-state index < -0.39 is 5.91 Å². The van der Waals surface area contributed by atoms with Crippen molar-refractivity contribution in [3.63, 3.8) is 0 Å². The van der Waals surface area contributed by atoms with Crippen LogP contribution in [0, 0.1) is 6.92 Å². The highest BCUT2D eigenvalue weighted by atomic mass is 16.2. The topological polar surface area (TPSA) is 110 Å². The fourth-order valence-corrected chi connectivity index (χ4v) is 3.40. The molecule has 2 aromatic carbocycles. The third-order valence-corrected chi connectivity index (χ3v) is 5.37. The number of hydrogen-bond donors (Lipinski definition) is 3. The molecule has 0 unspecified atom stereocenters. The molecule has 30 heavy (non-hydrogen) atoms. The monoisotopic (exact) mass is 401 g/mol. The lowest BCUT2D eigenvalue weighted by atomic mass is 9.93. The molecule has 4 rings (SSSR count). The molecule has 0 bridgehead atoms. The molecule has 7 heteroatoms. The molecule has 1 aliphatic carbocycles. The fourth-order valence-electron chi connectivity index (χ4n) is 3.40. The maximum absolute atomic E-state index is 12.2. The molecule has 0 saturated heterocycles. The molecule has 152 valence electrons. The van der Waals surface area contributed by atoms with Crippen molar-refractivity contribution in [2.24, 2.45) is 5.73 Å². The Morgan fingerprint density at radius 3 is 2.50 bits per heavy atom. The van der Waals surface area contributed by atoms with Gasteiger partial charge in [-0.05, 0) is 68.1 Å². The van der Waals surface area contributed by atoms with Crippen LogP contribution in [0.3, 0.4) is 0 Å². The molecule has 0 radical (unpaired) electrons. The number of primary amides is 1. The number of rotatable bonds is 6. The number of carbonyl (C=O) groups excluding carboxylic acids is 2. The number of anilines is 2. The van der Waals surface area contributed by atoms with Gasteiger partial charge in [-0.15, -0.1) is 0 Å². The zero-order valence-corrected chi connectivity index (χ0v) is 16.7. The molecular weight excluding hydrogens is 378 g/mol. The molecule has 0 aliphatic heterocycles. The molecule has 1 aromatic heterocycles. The van der Waals surface area contributed by atoms with Gasteiger partial charge >= 0.3 is 0 Å². The van der Waals surface area contributed by atoms with Crippen molar-refractivity contribution >= 4 is 23.5 Å². The number of hydrogen-bond acceptors (Lipinski definition) is 5. The largest absolute Gasteiger partial charge is 0.366 e. The Kier molecular flexibility index (Phi) is 5.43. The van der Waals surface area contributed by atoms with E-state index >= 15 is 0 Å². The highest BCUT2D eigenvalue weighted by Gasteiger charge is 2.20. The van der Waals surface area contributed by atoms with Crippen LogP contribution >= 0.6 is 0 Å². The van der Waals surface area contributed by atoms with Crippen molar-refractivity contribution in [3.8, 4) is 11.3 Å². The van der Waals surface area contributed by atoms with Gasteiger partial charge in [-0.3, -0.25) is 9.59 Å². The fraction of sp³-hybridized carbons (Fsp3) is 0.217. The SMILES string of the molecule is Cc1c(C(N)=O)cccc1-c1ccnc(Nc2ccc(C(=O)NC3CCC3)cc2)n1. The number of amides is 2. The quantitative estimate of drug-likeness (QED) is 0.585. The maximum Gasteiger partial charge on any atom is 0.251 e. The molecule has 0 atom stereocenters. The van der Waals surface area contributed by atoms with Crippen molar-refractivity contribution in [3.05, 3.63) is 71.4 Å². The molecule has 1 saturated carbocycles. The predicted octanol–water partition coefficient (Wildman–Crippen LogP) is 3.58. The van der Waals surface area contributed by atoms with Crippen molar-refractivity contribution in [2.45, 2.75) is 32.2 Å². The lowest BCUT2D eigenvalue weighted by Gasteiger charge is -2.26. The lowest BCUT2D eigenvalue weighted by molar-refractivity contribution is 0.0916. The van der Waals surface area contributed by atoms with E-state index in [4.69, 9.17) is 5.73 Å². The van der Waals surface area contributed by atoms with Crippen molar-refractivity contribution < 1.29 is 9.59 Å². The van der Waals surface area contributed by atoms with Gasteiger partial charge < -0.3 is 16.4 Å². The van der Waals surface area contributed by atoms with E-state index in [1.54, 1.807) is 36.5 Å². The summed E-state index contributed by atoms with van der Waals surface area (Å²) in [7, 11) is 0. The molecule has 7 nitrogen and oxygen atoms in total. The lowest BCUT2D eigenvalue weighted by Crippen LogP contribution is -2.39. The number of aromatic nitrogens is 2. The first-order chi connectivity index (χ1) is 14.5. The normalized spacial score (nSPS) is 13.4. The zero-order chi connectivity index (χ0) is 21.1. The Bertz CT molecular complexity index is 1090. The van der Waals surface area contributed by atoms with Crippen LogP contribution in [0.1, 0.15) is 45.5 Å². The average molecular weight is 401 g/mol.